The third kappa shape index (κ3) is 3.63. The highest BCUT2D eigenvalue weighted by molar-refractivity contribution is 5.36. The molecule has 0 saturated heterocycles. The fourth-order valence-electron chi connectivity index (χ4n) is 2.07. The first kappa shape index (κ1) is 13.2. The van der Waals surface area contributed by atoms with E-state index in [0.29, 0.717) is 5.75 Å². The van der Waals surface area contributed by atoms with Crippen molar-refractivity contribution in [2.45, 2.75) is 19.0 Å². The van der Waals surface area contributed by atoms with E-state index < -0.39 is 12.8 Å². The van der Waals surface area contributed by atoms with Gasteiger partial charge in [-0.05, 0) is 43.1 Å². The molecular weight excluding hydrogens is 243 g/mol. The average molecular weight is 259 g/mol. The summed E-state index contributed by atoms with van der Waals surface area (Å²) in [5.74, 6) is 0.302. The van der Waals surface area contributed by atoms with Gasteiger partial charge in [0.15, 0.2) is 6.61 Å². The Morgan fingerprint density at radius 3 is 2.50 bits per heavy atom. The van der Waals surface area contributed by atoms with Crippen LogP contribution in [-0.2, 0) is 12.8 Å². The van der Waals surface area contributed by atoms with Crippen molar-refractivity contribution < 1.29 is 17.9 Å². The van der Waals surface area contributed by atoms with Crippen molar-refractivity contribution >= 4 is 0 Å². The number of alkyl halides is 3. The molecule has 0 aromatic heterocycles. The minimum absolute atomic E-state index is 0.302. The van der Waals surface area contributed by atoms with Gasteiger partial charge in [0, 0.05) is 13.1 Å². The van der Waals surface area contributed by atoms with Crippen LogP contribution in [0, 0.1) is 0 Å². The summed E-state index contributed by atoms with van der Waals surface area (Å²) in [4.78, 5) is 2.22. The topological polar surface area (TPSA) is 12.5 Å². The van der Waals surface area contributed by atoms with E-state index in [1.165, 1.54) is 5.56 Å². The van der Waals surface area contributed by atoms with E-state index in [9.17, 15) is 13.2 Å². The Kier molecular flexibility index (Phi) is 3.80. The Hall–Kier alpha value is -1.23. The quantitative estimate of drug-likeness (QED) is 0.809. The summed E-state index contributed by atoms with van der Waals surface area (Å²) < 4.78 is 41.0. The fraction of sp³-hybridized carbons (Fsp3) is 0.538. The van der Waals surface area contributed by atoms with Gasteiger partial charge in [-0.25, -0.2) is 0 Å². The highest BCUT2D eigenvalue weighted by Crippen LogP contribution is 2.23. The molecule has 0 saturated carbocycles. The highest BCUT2D eigenvalue weighted by atomic mass is 19.4. The normalized spacial score (nSPS) is 17.1. The summed E-state index contributed by atoms with van der Waals surface area (Å²) in [6.45, 7) is 0.678. The molecule has 0 bridgehead atoms. The second-order valence-corrected chi connectivity index (χ2v) is 4.64. The van der Waals surface area contributed by atoms with Gasteiger partial charge < -0.3 is 9.64 Å². The van der Waals surface area contributed by atoms with Crippen molar-refractivity contribution in [3.63, 3.8) is 0 Å². The Bertz CT molecular complexity index is 417. The van der Waals surface area contributed by atoms with E-state index >= 15 is 0 Å². The SMILES string of the molecule is CN1CCc2ccc(OCC(F)(F)F)cc2CC1. The highest BCUT2D eigenvalue weighted by Gasteiger charge is 2.28. The van der Waals surface area contributed by atoms with Crippen molar-refractivity contribution in [3.8, 4) is 5.75 Å². The molecule has 0 atom stereocenters. The lowest BCUT2D eigenvalue weighted by Crippen LogP contribution is -2.20. The zero-order valence-corrected chi connectivity index (χ0v) is 10.3. The van der Waals surface area contributed by atoms with Gasteiger partial charge in [-0.3, -0.25) is 0 Å². The number of ether oxygens (including phenoxy) is 1. The molecule has 100 valence electrons. The summed E-state index contributed by atoms with van der Waals surface area (Å²) in [6.07, 6.45) is -2.49. The number of fused-ring (bicyclic) bond motifs is 1. The minimum atomic E-state index is -4.28. The summed E-state index contributed by atoms with van der Waals surface area (Å²) in [7, 11) is 2.05. The second kappa shape index (κ2) is 5.18. The van der Waals surface area contributed by atoms with Crippen molar-refractivity contribution in [2.24, 2.45) is 0 Å². The average Bonchev–Trinajstić information content (AvgIpc) is 2.48. The molecule has 1 aromatic carbocycles. The van der Waals surface area contributed by atoms with Gasteiger partial charge in [0.2, 0.25) is 0 Å². The Balaban J connectivity index is 2.07. The molecule has 0 fully saturated rings. The first-order valence-electron chi connectivity index (χ1n) is 5.94. The zero-order valence-electron chi connectivity index (χ0n) is 10.3. The van der Waals surface area contributed by atoms with Gasteiger partial charge >= 0.3 is 6.18 Å². The number of hydrogen-bond donors (Lipinski definition) is 0. The lowest BCUT2D eigenvalue weighted by molar-refractivity contribution is -0.153. The monoisotopic (exact) mass is 259 g/mol. The smallest absolute Gasteiger partial charge is 0.422 e. The molecule has 5 heteroatoms. The van der Waals surface area contributed by atoms with Crippen molar-refractivity contribution in [2.75, 3.05) is 26.7 Å². The largest absolute Gasteiger partial charge is 0.484 e. The Morgan fingerprint density at radius 2 is 1.83 bits per heavy atom. The van der Waals surface area contributed by atoms with Crippen LogP contribution in [0.25, 0.3) is 0 Å². The van der Waals surface area contributed by atoms with E-state index in [0.717, 1.165) is 31.5 Å². The van der Waals surface area contributed by atoms with Gasteiger partial charge in [0.1, 0.15) is 5.75 Å². The molecule has 0 amide bonds. The number of benzene rings is 1. The van der Waals surface area contributed by atoms with Gasteiger partial charge in [-0.1, -0.05) is 6.07 Å². The molecule has 18 heavy (non-hydrogen) atoms. The van der Waals surface area contributed by atoms with E-state index in [2.05, 4.69) is 4.90 Å². The van der Waals surface area contributed by atoms with Crippen molar-refractivity contribution in [1.82, 2.24) is 4.90 Å². The number of nitrogens with zero attached hydrogens (tertiary/aromatic N) is 1. The second-order valence-electron chi connectivity index (χ2n) is 4.64. The maximum atomic E-state index is 12.1. The lowest BCUT2D eigenvalue weighted by Gasteiger charge is -2.11. The molecule has 2 nitrogen and oxygen atoms in total. The third-order valence-electron chi connectivity index (χ3n) is 3.11. The molecule has 0 radical (unpaired) electrons. The molecule has 0 spiro atoms. The van der Waals surface area contributed by atoms with Gasteiger partial charge in [0.05, 0.1) is 0 Å². The molecular formula is C13H16F3NO. The third-order valence-corrected chi connectivity index (χ3v) is 3.11. The van der Waals surface area contributed by atoms with E-state index in [-0.39, 0.29) is 0 Å². The summed E-state index contributed by atoms with van der Waals surface area (Å²) in [6, 6.07) is 5.23. The molecule has 0 aliphatic carbocycles. The lowest BCUT2D eigenvalue weighted by atomic mass is 10.0. The standard InChI is InChI=1S/C13H16F3NO/c1-17-6-4-10-2-3-12(8-11(10)5-7-17)18-9-13(14,15)16/h2-3,8H,4-7,9H2,1H3. The van der Waals surface area contributed by atoms with Crippen LogP contribution in [0.5, 0.6) is 5.75 Å². The molecule has 1 heterocycles. The molecule has 1 aromatic rings. The van der Waals surface area contributed by atoms with E-state index in [4.69, 9.17) is 4.74 Å². The molecule has 2 rings (SSSR count). The van der Waals surface area contributed by atoms with Crippen LogP contribution < -0.4 is 4.74 Å². The van der Waals surface area contributed by atoms with Crippen LogP contribution in [0.2, 0.25) is 0 Å². The molecule has 1 aliphatic heterocycles. The minimum Gasteiger partial charge on any atom is -0.484 e. The summed E-state index contributed by atoms with van der Waals surface area (Å²) in [5, 5.41) is 0. The Labute approximate surface area is 104 Å². The molecule has 1 aliphatic rings. The number of rotatable bonds is 2. The van der Waals surface area contributed by atoms with E-state index in [1.54, 1.807) is 12.1 Å². The van der Waals surface area contributed by atoms with Crippen LogP contribution in [0.4, 0.5) is 13.2 Å². The van der Waals surface area contributed by atoms with Crippen molar-refractivity contribution in [3.05, 3.63) is 29.3 Å². The van der Waals surface area contributed by atoms with Crippen LogP contribution in [-0.4, -0.2) is 37.8 Å². The van der Waals surface area contributed by atoms with Crippen molar-refractivity contribution in [1.29, 1.82) is 0 Å². The zero-order chi connectivity index (χ0) is 13.2. The fourth-order valence-corrected chi connectivity index (χ4v) is 2.07. The molecule has 0 unspecified atom stereocenters. The first-order valence-corrected chi connectivity index (χ1v) is 5.94. The maximum absolute atomic E-state index is 12.1. The first-order chi connectivity index (χ1) is 8.44. The maximum Gasteiger partial charge on any atom is 0.422 e. The van der Waals surface area contributed by atoms with Crippen LogP contribution >= 0.6 is 0 Å². The predicted octanol–water partition coefficient (Wildman–Crippen LogP) is 2.66. The summed E-state index contributed by atoms with van der Waals surface area (Å²) >= 11 is 0. The van der Waals surface area contributed by atoms with Crippen LogP contribution in [0.15, 0.2) is 18.2 Å². The number of likely N-dealkylation sites (N-methyl/N-ethyl adjacent to an activating group) is 1. The predicted molar refractivity (Wildman–Crippen MR) is 62.9 cm³/mol. The summed E-state index contributed by atoms with van der Waals surface area (Å²) in [5.41, 5.74) is 2.30. The number of hydrogen-bond acceptors (Lipinski definition) is 2. The van der Waals surface area contributed by atoms with Gasteiger partial charge in [-0.15, -0.1) is 0 Å². The number of halogens is 3. The van der Waals surface area contributed by atoms with Crippen LogP contribution in [0.1, 0.15) is 11.1 Å². The van der Waals surface area contributed by atoms with Gasteiger partial charge in [-0.2, -0.15) is 13.2 Å². The van der Waals surface area contributed by atoms with Gasteiger partial charge in [0.25, 0.3) is 0 Å². The van der Waals surface area contributed by atoms with E-state index in [1.807, 2.05) is 13.1 Å². The molecule has 0 N–H and O–H groups in total. The Morgan fingerprint density at radius 1 is 1.17 bits per heavy atom. The van der Waals surface area contributed by atoms with Crippen LogP contribution in [0.3, 0.4) is 0 Å².